The molecule has 0 spiro atoms. The van der Waals surface area contributed by atoms with Crippen molar-refractivity contribution < 1.29 is 19.7 Å². The highest BCUT2D eigenvalue weighted by molar-refractivity contribution is 6.53. The number of allylic oxidation sites excluding steroid dienone is 2. The molecule has 200 valence electrons. The van der Waals surface area contributed by atoms with Crippen molar-refractivity contribution in [2.24, 2.45) is 0 Å². The van der Waals surface area contributed by atoms with E-state index in [0.717, 1.165) is 0 Å². The number of nitrogen functional groups attached to an aromatic ring is 2. The fraction of sp³-hybridized carbons (Fsp3) is 0.0833. The molecule has 1 aliphatic rings. The molecule has 0 heterocycles. The van der Waals surface area contributed by atoms with Crippen molar-refractivity contribution in [2.45, 2.75) is 11.0 Å². The van der Waals surface area contributed by atoms with Crippen LogP contribution in [0.3, 0.4) is 0 Å². The molecular weight excluding hydrogens is 664 g/mol. The Labute approximate surface area is 256 Å². The van der Waals surface area contributed by atoms with Crippen LogP contribution in [0.5, 0.6) is 23.0 Å². The van der Waals surface area contributed by atoms with Crippen LogP contribution in [0.2, 0.25) is 20.1 Å². The van der Waals surface area contributed by atoms with E-state index < -0.39 is 11.0 Å². The van der Waals surface area contributed by atoms with E-state index in [4.69, 9.17) is 114 Å². The molecule has 14 heteroatoms. The van der Waals surface area contributed by atoms with Crippen molar-refractivity contribution >= 4 is 104 Å². The molecule has 0 fully saturated rings. The first-order valence-electron chi connectivity index (χ1n) is 10.3. The second-order valence-corrected chi connectivity index (χ2v) is 11.0. The largest absolute Gasteiger partial charge is 0.506 e. The number of halogens is 8. The lowest BCUT2D eigenvalue weighted by molar-refractivity contribution is 0.103. The second kappa shape index (κ2) is 11.0. The number of benzene rings is 3. The number of phenolic OH excluding ortho intramolecular Hbond substituents is 2. The molecule has 0 aromatic heterocycles. The van der Waals surface area contributed by atoms with Gasteiger partial charge in [-0.2, -0.15) is 0 Å². The van der Waals surface area contributed by atoms with Crippen LogP contribution in [0.15, 0.2) is 63.3 Å². The summed E-state index contributed by atoms with van der Waals surface area (Å²) < 4.78 is 12.3. The van der Waals surface area contributed by atoms with Crippen LogP contribution in [-0.4, -0.2) is 15.6 Å². The molecule has 0 amide bonds. The average molecular weight is 678 g/mol. The standard InChI is InChI=1S/C24H14Cl8N2O4/c25-11-7-10(16(26)18(28)17(11)27)24(38-9-2-4-13(34)15(36)6-9)22(31)20(30)19(29)21(23(24)32)37-8-1-3-12(33)14(35)5-8/h1-7,23,35-36H,33-34H2. The van der Waals surface area contributed by atoms with Crippen LogP contribution in [0.25, 0.3) is 0 Å². The molecule has 3 aromatic rings. The molecule has 0 radical (unpaired) electrons. The first kappa shape index (κ1) is 29.2. The zero-order valence-electron chi connectivity index (χ0n) is 18.5. The lowest BCUT2D eigenvalue weighted by Crippen LogP contribution is -2.47. The molecule has 1 aliphatic carbocycles. The maximum atomic E-state index is 10.2. The lowest BCUT2D eigenvalue weighted by Gasteiger charge is -2.42. The number of ether oxygens (including phenoxy) is 2. The highest BCUT2D eigenvalue weighted by Crippen LogP contribution is 2.56. The minimum absolute atomic E-state index is 0.00442. The fourth-order valence-electron chi connectivity index (χ4n) is 3.61. The van der Waals surface area contributed by atoms with Gasteiger partial charge in [0.1, 0.15) is 39.2 Å². The zero-order valence-corrected chi connectivity index (χ0v) is 24.6. The van der Waals surface area contributed by atoms with Crippen LogP contribution in [0, 0.1) is 0 Å². The number of rotatable bonds is 5. The van der Waals surface area contributed by atoms with Gasteiger partial charge in [0.25, 0.3) is 0 Å². The van der Waals surface area contributed by atoms with E-state index in [9.17, 15) is 10.2 Å². The van der Waals surface area contributed by atoms with Crippen molar-refractivity contribution in [1.82, 2.24) is 0 Å². The summed E-state index contributed by atoms with van der Waals surface area (Å²) in [7, 11) is 0. The Hall–Kier alpha value is -1.74. The van der Waals surface area contributed by atoms with Gasteiger partial charge in [0.2, 0.25) is 0 Å². The summed E-state index contributed by atoms with van der Waals surface area (Å²) in [4.78, 5) is 0. The zero-order chi connectivity index (χ0) is 28.1. The minimum Gasteiger partial charge on any atom is -0.506 e. The van der Waals surface area contributed by atoms with Crippen molar-refractivity contribution in [3.05, 3.63) is 89.0 Å². The second-order valence-electron chi connectivity index (χ2n) is 7.90. The van der Waals surface area contributed by atoms with Crippen LogP contribution in [0.1, 0.15) is 5.56 Å². The molecule has 0 saturated carbocycles. The summed E-state index contributed by atoms with van der Waals surface area (Å²) in [5, 5.41) is 18.0. The molecule has 2 atom stereocenters. The molecule has 0 saturated heterocycles. The number of aromatic hydroxyl groups is 2. The number of hydrogen-bond acceptors (Lipinski definition) is 6. The normalized spacial score (nSPS) is 19.6. The van der Waals surface area contributed by atoms with Crippen LogP contribution < -0.4 is 20.9 Å². The molecule has 3 aromatic carbocycles. The van der Waals surface area contributed by atoms with Crippen molar-refractivity contribution in [3.8, 4) is 23.0 Å². The number of anilines is 2. The van der Waals surface area contributed by atoms with E-state index in [1.165, 1.54) is 42.5 Å². The number of alkyl halides is 1. The Kier molecular flexibility index (Phi) is 8.49. The van der Waals surface area contributed by atoms with Crippen molar-refractivity contribution in [1.29, 1.82) is 0 Å². The Morgan fingerprint density at radius 1 is 0.711 bits per heavy atom. The smallest absolute Gasteiger partial charge is 0.196 e. The summed E-state index contributed by atoms with van der Waals surface area (Å²) in [5.74, 6) is -0.516. The third kappa shape index (κ3) is 4.98. The first-order valence-corrected chi connectivity index (χ1v) is 13.3. The summed E-state index contributed by atoms with van der Waals surface area (Å²) >= 11 is 52.5. The van der Waals surface area contributed by atoms with Crippen molar-refractivity contribution in [2.75, 3.05) is 11.5 Å². The molecule has 0 aliphatic heterocycles. The number of nitrogens with two attached hydrogens (primary N) is 2. The third-order valence-electron chi connectivity index (χ3n) is 5.53. The highest BCUT2D eigenvalue weighted by atomic mass is 35.5. The van der Waals surface area contributed by atoms with Gasteiger partial charge >= 0.3 is 0 Å². The minimum atomic E-state index is -2.00. The van der Waals surface area contributed by atoms with Crippen molar-refractivity contribution in [3.63, 3.8) is 0 Å². The van der Waals surface area contributed by atoms with Gasteiger partial charge in [-0.1, -0.05) is 81.2 Å². The van der Waals surface area contributed by atoms with E-state index in [1.54, 1.807) is 0 Å². The maximum absolute atomic E-state index is 10.2. The monoisotopic (exact) mass is 674 g/mol. The SMILES string of the molecule is Nc1ccc(OC2=C(Cl)C(Cl)=C(Cl)C(Oc3ccc(N)c(O)c3)(c3cc(Cl)c(Cl)c(Cl)c3Cl)C2Cl)cc1O. The molecule has 2 unspecified atom stereocenters. The molecule has 0 bridgehead atoms. The summed E-state index contributed by atoms with van der Waals surface area (Å²) in [6.07, 6.45) is 0. The predicted molar refractivity (Wildman–Crippen MR) is 156 cm³/mol. The van der Waals surface area contributed by atoms with Gasteiger partial charge in [-0.05, 0) is 30.3 Å². The van der Waals surface area contributed by atoms with E-state index in [2.05, 4.69) is 0 Å². The molecule has 38 heavy (non-hydrogen) atoms. The number of hydrogen-bond donors (Lipinski definition) is 4. The van der Waals surface area contributed by atoms with Crippen LogP contribution >= 0.6 is 92.8 Å². The van der Waals surface area contributed by atoms with E-state index >= 15 is 0 Å². The first-order chi connectivity index (χ1) is 17.8. The van der Waals surface area contributed by atoms with Gasteiger partial charge in [0.05, 0.1) is 41.5 Å². The topological polar surface area (TPSA) is 111 Å². The summed E-state index contributed by atoms with van der Waals surface area (Å²) in [5.41, 5.74) is 9.67. The van der Waals surface area contributed by atoms with Crippen LogP contribution in [0.4, 0.5) is 11.4 Å². The Morgan fingerprint density at radius 2 is 1.26 bits per heavy atom. The van der Waals surface area contributed by atoms with E-state index in [0.29, 0.717) is 0 Å². The quantitative estimate of drug-likeness (QED) is 0.0706. The van der Waals surface area contributed by atoms with Gasteiger partial charge in [-0.3, -0.25) is 0 Å². The summed E-state index contributed by atoms with van der Waals surface area (Å²) in [6, 6.07) is 9.54. The lowest BCUT2D eigenvalue weighted by atomic mass is 9.84. The van der Waals surface area contributed by atoms with Gasteiger partial charge in [-0.15, -0.1) is 11.6 Å². The predicted octanol–water partition coefficient (Wildman–Crippen LogP) is 8.99. The molecule has 6 nitrogen and oxygen atoms in total. The Balaban J connectivity index is 1.99. The molecule has 6 N–H and O–H groups in total. The third-order valence-corrected chi connectivity index (χ3v) is 9.20. The van der Waals surface area contributed by atoms with Crippen LogP contribution in [-0.2, 0) is 5.60 Å². The van der Waals surface area contributed by atoms with Gasteiger partial charge in [-0.25, -0.2) is 0 Å². The van der Waals surface area contributed by atoms with E-state index in [-0.39, 0.29) is 80.9 Å². The average Bonchev–Trinajstić information content (AvgIpc) is 2.88. The summed E-state index contributed by atoms with van der Waals surface area (Å²) in [6.45, 7) is 0. The van der Waals surface area contributed by atoms with Gasteiger partial charge in [0.15, 0.2) is 5.60 Å². The molecular formula is C24H14Cl8N2O4. The van der Waals surface area contributed by atoms with E-state index in [1.807, 2.05) is 0 Å². The highest BCUT2D eigenvalue weighted by Gasteiger charge is 2.55. The van der Waals surface area contributed by atoms with Gasteiger partial charge < -0.3 is 31.2 Å². The molecule has 4 rings (SSSR count). The van der Waals surface area contributed by atoms with Gasteiger partial charge in [0, 0.05) is 17.7 Å². The number of phenols is 2. The Morgan fingerprint density at radius 3 is 1.84 bits per heavy atom. The Bertz CT molecular complexity index is 1530. The fourth-order valence-corrected chi connectivity index (χ4v) is 5.95. The maximum Gasteiger partial charge on any atom is 0.196 e.